The molecule has 1 aromatic carbocycles. The van der Waals surface area contributed by atoms with Crippen molar-refractivity contribution >= 4 is 23.2 Å². The highest BCUT2D eigenvalue weighted by Crippen LogP contribution is 2.36. The number of carbonyl (C=O) groups excluding carboxylic acids is 1. The van der Waals surface area contributed by atoms with E-state index in [1.807, 2.05) is 43.3 Å². The van der Waals surface area contributed by atoms with Gasteiger partial charge < -0.3 is 5.32 Å². The molecule has 0 unspecified atom stereocenters. The highest BCUT2D eigenvalue weighted by atomic mass is 16.2. The van der Waals surface area contributed by atoms with Crippen molar-refractivity contribution in [3.8, 4) is 11.1 Å². The van der Waals surface area contributed by atoms with Crippen molar-refractivity contribution < 1.29 is 4.79 Å². The van der Waals surface area contributed by atoms with E-state index in [2.05, 4.69) is 35.6 Å². The largest absolute Gasteiger partial charge is 0.321 e. The zero-order chi connectivity index (χ0) is 15.1. The fourth-order valence-electron chi connectivity index (χ4n) is 2.97. The van der Waals surface area contributed by atoms with Crippen LogP contribution in [0.25, 0.3) is 22.8 Å². The first kappa shape index (κ1) is 12.8. The van der Waals surface area contributed by atoms with Gasteiger partial charge in [-0.15, -0.1) is 0 Å². The molecule has 0 radical (unpaired) electrons. The van der Waals surface area contributed by atoms with Gasteiger partial charge in [-0.2, -0.15) is 0 Å². The average molecular weight is 285 g/mol. The monoisotopic (exact) mass is 285 g/mol. The Morgan fingerprint density at radius 3 is 2.68 bits per heavy atom. The number of rotatable bonds is 1. The summed E-state index contributed by atoms with van der Waals surface area (Å²) in [6, 6.07) is 20.4. The van der Waals surface area contributed by atoms with Gasteiger partial charge in [-0.3, -0.25) is 4.79 Å². The number of hydrogen-bond acceptors (Lipinski definition) is 1. The zero-order valence-electron chi connectivity index (χ0n) is 12.3. The summed E-state index contributed by atoms with van der Waals surface area (Å²) in [5, 5.41) is 2.93. The van der Waals surface area contributed by atoms with Crippen LogP contribution in [0.4, 0.5) is 5.69 Å². The topological polar surface area (TPSA) is 29.1 Å². The molecule has 4 rings (SSSR count). The molecule has 2 aliphatic carbocycles. The number of hydrogen-bond donors (Lipinski definition) is 1. The van der Waals surface area contributed by atoms with Gasteiger partial charge in [0.2, 0.25) is 0 Å². The number of benzene rings is 1. The van der Waals surface area contributed by atoms with Crippen molar-refractivity contribution in [2.45, 2.75) is 6.92 Å². The van der Waals surface area contributed by atoms with E-state index in [9.17, 15) is 4.79 Å². The summed E-state index contributed by atoms with van der Waals surface area (Å²) < 4.78 is 0. The van der Waals surface area contributed by atoms with Crippen molar-refractivity contribution in [3.05, 3.63) is 77.4 Å². The number of fused-ring (bicyclic) bond motifs is 2. The minimum atomic E-state index is -0.0322. The lowest BCUT2D eigenvalue weighted by Crippen LogP contribution is -2.03. The Labute approximate surface area is 129 Å². The maximum absolute atomic E-state index is 12.3. The van der Waals surface area contributed by atoms with Crippen LogP contribution in [0, 0.1) is 6.92 Å². The van der Waals surface area contributed by atoms with E-state index in [1.165, 1.54) is 5.56 Å². The van der Waals surface area contributed by atoms with Gasteiger partial charge in [0.05, 0.1) is 0 Å². The molecule has 1 heterocycles. The van der Waals surface area contributed by atoms with E-state index < -0.39 is 0 Å². The van der Waals surface area contributed by atoms with Crippen LogP contribution in [0.1, 0.15) is 16.7 Å². The van der Waals surface area contributed by atoms with Gasteiger partial charge in [0, 0.05) is 16.8 Å². The molecule has 2 heteroatoms. The van der Waals surface area contributed by atoms with Crippen molar-refractivity contribution in [1.29, 1.82) is 0 Å². The SMILES string of the molecule is Cc1ccc2c(c1)/C(=C/c1ccc3cccccc1-3)C(=O)N2. The van der Waals surface area contributed by atoms with Crippen LogP contribution in [0.15, 0.2) is 60.7 Å². The van der Waals surface area contributed by atoms with Crippen LogP contribution in [0.2, 0.25) is 0 Å². The smallest absolute Gasteiger partial charge is 0.256 e. The van der Waals surface area contributed by atoms with Crippen molar-refractivity contribution in [3.63, 3.8) is 0 Å². The summed E-state index contributed by atoms with van der Waals surface area (Å²) in [5.74, 6) is -0.0322. The van der Waals surface area contributed by atoms with Crippen molar-refractivity contribution in [2.75, 3.05) is 5.32 Å². The lowest BCUT2D eigenvalue weighted by Gasteiger charge is -2.01. The second-order valence-electron chi connectivity index (χ2n) is 5.63. The molecule has 2 nitrogen and oxygen atoms in total. The standard InChI is InChI=1S/C20H15NO/c1-13-7-10-19-17(11-13)18(20(22)21-19)12-15-9-8-14-5-3-2-4-6-16(14)15/h2-12H,1H3,(H,21,22)/b18-12-. The van der Waals surface area contributed by atoms with Crippen LogP contribution < -0.4 is 5.32 Å². The molecule has 22 heavy (non-hydrogen) atoms. The quantitative estimate of drug-likeness (QED) is 0.651. The Hall–Kier alpha value is -2.87. The summed E-state index contributed by atoms with van der Waals surface area (Å²) in [6.45, 7) is 2.04. The van der Waals surface area contributed by atoms with Crippen LogP contribution >= 0.6 is 0 Å². The molecule has 0 atom stereocenters. The van der Waals surface area contributed by atoms with Crippen LogP contribution in [-0.4, -0.2) is 5.91 Å². The Bertz CT molecular complexity index is 892. The van der Waals surface area contributed by atoms with E-state index in [1.54, 1.807) is 0 Å². The molecule has 106 valence electrons. The van der Waals surface area contributed by atoms with Gasteiger partial charge >= 0.3 is 0 Å². The number of nitrogens with one attached hydrogen (secondary N) is 1. The van der Waals surface area contributed by atoms with Gasteiger partial charge in [-0.05, 0) is 41.8 Å². The molecule has 3 aliphatic rings. The minimum absolute atomic E-state index is 0.0322. The predicted molar refractivity (Wildman–Crippen MR) is 90.7 cm³/mol. The Balaban J connectivity index is 1.87. The van der Waals surface area contributed by atoms with E-state index >= 15 is 0 Å². The second-order valence-corrected chi connectivity index (χ2v) is 5.63. The van der Waals surface area contributed by atoms with E-state index in [0.29, 0.717) is 0 Å². The number of amides is 1. The van der Waals surface area contributed by atoms with Crippen LogP contribution in [0.5, 0.6) is 0 Å². The zero-order valence-corrected chi connectivity index (χ0v) is 12.3. The van der Waals surface area contributed by atoms with Gasteiger partial charge in [0.15, 0.2) is 0 Å². The second kappa shape index (κ2) is 4.85. The van der Waals surface area contributed by atoms with Gasteiger partial charge in [-0.1, -0.05) is 54.1 Å². The molecular formula is C20H15NO. The van der Waals surface area contributed by atoms with Crippen molar-refractivity contribution in [2.24, 2.45) is 0 Å². The molecule has 0 spiro atoms. The Kier molecular flexibility index (Phi) is 2.83. The Morgan fingerprint density at radius 1 is 0.909 bits per heavy atom. The first-order valence-corrected chi connectivity index (χ1v) is 7.34. The summed E-state index contributed by atoms with van der Waals surface area (Å²) in [7, 11) is 0. The Morgan fingerprint density at radius 2 is 1.77 bits per heavy atom. The van der Waals surface area contributed by atoms with Crippen molar-refractivity contribution in [1.82, 2.24) is 0 Å². The van der Waals surface area contributed by atoms with Gasteiger partial charge in [-0.25, -0.2) is 0 Å². The van der Waals surface area contributed by atoms with Crippen LogP contribution in [0.3, 0.4) is 0 Å². The third kappa shape index (κ3) is 2.01. The predicted octanol–water partition coefficient (Wildman–Crippen LogP) is 4.59. The molecule has 1 N–H and O–H groups in total. The maximum atomic E-state index is 12.3. The molecule has 1 aliphatic heterocycles. The summed E-state index contributed by atoms with van der Waals surface area (Å²) >= 11 is 0. The summed E-state index contributed by atoms with van der Waals surface area (Å²) in [6.07, 6.45) is 1.99. The van der Waals surface area contributed by atoms with Gasteiger partial charge in [0.25, 0.3) is 5.91 Å². The lowest BCUT2D eigenvalue weighted by atomic mass is 10.0. The van der Waals surface area contributed by atoms with E-state index in [-0.39, 0.29) is 5.91 Å². The third-order valence-electron chi connectivity index (χ3n) is 4.08. The van der Waals surface area contributed by atoms with Gasteiger partial charge in [0.1, 0.15) is 0 Å². The number of carbonyl (C=O) groups is 1. The molecule has 0 saturated carbocycles. The number of aryl methyl sites for hydroxylation is 1. The molecule has 0 saturated heterocycles. The normalized spacial score (nSPS) is 15.1. The van der Waals surface area contributed by atoms with E-state index in [4.69, 9.17) is 0 Å². The molecule has 0 bridgehead atoms. The fourth-order valence-corrected chi connectivity index (χ4v) is 2.97. The fraction of sp³-hybridized carbons (Fsp3) is 0.0500. The maximum Gasteiger partial charge on any atom is 0.256 e. The first-order chi connectivity index (χ1) is 10.7. The molecule has 1 aromatic rings. The molecule has 0 fully saturated rings. The molecular weight excluding hydrogens is 270 g/mol. The van der Waals surface area contributed by atoms with Crippen LogP contribution in [-0.2, 0) is 4.79 Å². The highest BCUT2D eigenvalue weighted by Gasteiger charge is 2.24. The summed E-state index contributed by atoms with van der Waals surface area (Å²) in [4.78, 5) is 12.3. The van der Waals surface area contributed by atoms with E-state index in [0.717, 1.165) is 33.5 Å². The first-order valence-electron chi connectivity index (χ1n) is 7.34. The number of anilines is 1. The average Bonchev–Trinajstić information content (AvgIpc) is 2.91. The third-order valence-corrected chi connectivity index (χ3v) is 4.08. The minimum Gasteiger partial charge on any atom is -0.321 e. The highest BCUT2D eigenvalue weighted by molar-refractivity contribution is 6.35. The molecule has 0 aromatic heterocycles. The lowest BCUT2D eigenvalue weighted by molar-refractivity contribution is -0.110. The summed E-state index contributed by atoms with van der Waals surface area (Å²) in [5.41, 5.74) is 7.18. The molecule has 1 amide bonds.